The van der Waals surface area contributed by atoms with Crippen LogP contribution in [0.15, 0.2) is 24.3 Å². The van der Waals surface area contributed by atoms with E-state index in [1.165, 1.54) is 50.8 Å². The molecule has 0 spiro atoms. The summed E-state index contributed by atoms with van der Waals surface area (Å²) in [5.74, 6) is 2.52. The van der Waals surface area contributed by atoms with Gasteiger partial charge in [0.1, 0.15) is 0 Å². The Bertz CT molecular complexity index is 514. The average molecular weight is 328 g/mol. The standard InChI is InChI=1S/C23H37N/c1-17-13-18(2)16-24(15-17)22-8-6-7-20(14-22)19-9-11-21(12-10-19)23(3,4)5/h9-12,17-18,20,22H,6-8,13-16H2,1-5H3/t17-,18+,20-,22-/m1/s1. The third-order valence-electron chi connectivity index (χ3n) is 6.31. The summed E-state index contributed by atoms with van der Waals surface area (Å²) in [5.41, 5.74) is 3.29. The summed E-state index contributed by atoms with van der Waals surface area (Å²) < 4.78 is 0. The van der Waals surface area contributed by atoms with Crippen LogP contribution >= 0.6 is 0 Å². The van der Waals surface area contributed by atoms with Crippen molar-refractivity contribution in [2.75, 3.05) is 13.1 Å². The fourth-order valence-electron chi connectivity index (χ4n) is 5.06. The van der Waals surface area contributed by atoms with Crippen molar-refractivity contribution in [3.05, 3.63) is 35.4 Å². The molecular formula is C23H37N. The Morgan fingerprint density at radius 1 is 0.875 bits per heavy atom. The van der Waals surface area contributed by atoms with E-state index in [4.69, 9.17) is 0 Å². The zero-order chi connectivity index (χ0) is 17.3. The maximum atomic E-state index is 2.83. The van der Waals surface area contributed by atoms with Crippen molar-refractivity contribution >= 4 is 0 Å². The van der Waals surface area contributed by atoms with Crippen LogP contribution in [0.1, 0.15) is 83.8 Å². The monoisotopic (exact) mass is 327 g/mol. The van der Waals surface area contributed by atoms with Crippen LogP contribution in [-0.2, 0) is 5.41 Å². The molecule has 0 unspecified atom stereocenters. The van der Waals surface area contributed by atoms with Gasteiger partial charge in [-0.25, -0.2) is 0 Å². The molecule has 0 amide bonds. The molecule has 0 aromatic heterocycles. The molecule has 1 saturated carbocycles. The maximum Gasteiger partial charge on any atom is 0.0101 e. The van der Waals surface area contributed by atoms with Crippen molar-refractivity contribution < 1.29 is 0 Å². The van der Waals surface area contributed by atoms with E-state index in [2.05, 4.69) is 63.8 Å². The van der Waals surface area contributed by atoms with Gasteiger partial charge >= 0.3 is 0 Å². The Morgan fingerprint density at radius 3 is 2.08 bits per heavy atom. The van der Waals surface area contributed by atoms with Crippen molar-refractivity contribution in [1.82, 2.24) is 4.90 Å². The second kappa shape index (κ2) is 7.20. The van der Waals surface area contributed by atoms with E-state index in [0.717, 1.165) is 23.8 Å². The number of hydrogen-bond donors (Lipinski definition) is 0. The van der Waals surface area contributed by atoms with Gasteiger partial charge in [-0.1, -0.05) is 65.3 Å². The van der Waals surface area contributed by atoms with Gasteiger partial charge in [0.25, 0.3) is 0 Å². The molecule has 1 aliphatic heterocycles. The zero-order valence-electron chi connectivity index (χ0n) is 16.5. The Balaban J connectivity index is 1.67. The van der Waals surface area contributed by atoms with Crippen LogP contribution < -0.4 is 0 Å². The van der Waals surface area contributed by atoms with Gasteiger partial charge < -0.3 is 0 Å². The van der Waals surface area contributed by atoms with E-state index in [0.29, 0.717) is 0 Å². The third-order valence-corrected chi connectivity index (χ3v) is 6.31. The molecule has 1 aromatic carbocycles. The van der Waals surface area contributed by atoms with Crippen LogP contribution in [0.25, 0.3) is 0 Å². The molecule has 0 radical (unpaired) electrons. The largest absolute Gasteiger partial charge is 0.300 e. The number of hydrogen-bond acceptors (Lipinski definition) is 1. The van der Waals surface area contributed by atoms with Crippen LogP contribution in [0.4, 0.5) is 0 Å². The summed E-state index contributed by atoms with van der Waals surface area (Å²) in [6.45, 7) is 14.4. The van der Waals surface area contributed by atoms with Crippen LogP contribution in [0, 0.1) is 11.8 Å². The van der Waals surface area contributed by atoms with Crippen LogP contribution in [0.3, 0.4) is 0 Å². The van der Waals surface area contributed by atoms with E-state index >= 15 is 0 Å². The number of rotatable bonds is 2. The molecule has 0 bridgehead atoms. The maximum absolute atomic E-state index is 2.83. The van der Waals surface area contributed by atoms with Gasteiger partial charge in [-0.15, -0.1) is 0 Å². The predicted molar refractivity (Wildman–Crippen MR) is 105 cm³/mol. The van der Waals surface area contributed by atoms with E-state index < -0.39 is 0 Å². The SMILES string of the molecule is C[C@@H]1C[C@H](C)CN([C@@H]2CCC[C@@H](c3ccc(C(C)(C)C)cc3)C2)C1. The molecule has 3 rings (SSSR count). The molecular weight excluding hydrogens is 290 g/mol. The van der Waals surface area contributed by atoms with Gasteiger partial charge in [-0.3, -0.25) is 4.90 Å². The van der Waals surface area contributed by atoms with Gasteiger partial charge in [0.15, 0.2) is 0 Å². The Hall–Kier alpha value is -0.820. The van der Waals surface area contributed by atoms with E-state index in [-0.39, 0.29) is 5.41 Å². The van der Waals surface area contributed by atoms with E-state index in [1.807, 2.05) is 0 Å². The Morgan fingerprint density at radius 2 is 1.50 bits per heavy atom. The quantitative estimate of drug-likeness (QED) is 0.645. The smallest absolute Gasteiger partial charge is 0.0101 e. The number of likely N-dealkylation sites (tertiary alicyclic amines) is 1. The molecule has 1 saturated heterocycles. The van der Waals surface area contributed by atoms with Crippen molar-refractivity contribution in [3.8, 4) is 0 Å². The van der Waals surface area contributed by atoms with Crippen molar-refractivity contribution in [1.29, 1.82) is 0 Å². The van der Waals surface area contributed by atoms with Gasteiger partial charge in [0, 0.05) is 19.1 Å². The van der Waals surface area contributed by atoms with Gasteiger partial charge in [-0.05, 0) is 60.0 Å². The second-order valence-corrected chi connectivity index (χ2v) is 9.79. The van der Waals surface area contributed by atoms with Crippen molar-refractivity contribution in [3.63, 3.8) is 0 Å². The highest BCUT2D eigenvalue weighted by molar-refractivity contribution is 5.30. The van der Waals surface area contributed by atoms with Crippen LogP contribution in [-0.4, -0.2) is 24.0 Å². The average Bonchev–Trinajstić information content (AvgIpc) is 2.53. The minimum absolute atomic E-state index is 0.258. The number of benzene rings is 1. The first-order valence-corrected chi connectivity index (χ1v) is 10.2. The molecule has 1 aliphatic carbocycles. The summed E-state index contributed by atoms with van der Waals surface area (Å²) in [6, 6.07) is 10.4. The molecule has 2 fully saturated rings. The first-order valence-electron chi connectivity index (χ1n) is 10.2. The normalized spacial score (nSPS) is 32.7. The summed E-state index contributed by atoms with van der Waals surface area (Å²) in [7, 11) is 0. The zero-order valence-corrected chi connectivity index (χ0v) is 16.5. The Kier molecular flexibility index (Phi) is 5.39. The molecule has 1 heteroatoms. The lowest BCUT2D eigenvalue weighted by molar-refractivity contribution is 0.0711. The third kappa shape index (κ3) is 4.23. The van der Waals surface area contributed by atoms with Crippen LogP contribution in [0.2, 0.25) is 0 Å². The molecule has 24 heavy (non-hydrogen) atoms. The lowest BCUT2D eigenvalue weighted by atomic mass is 9.78. The number of nitrogens with zero attached hydrogens (tertiary/aromatic N) is 1. The molecule has 1 heterocycles. The highest BCUT2D eigenvalue weighted by Crippen LogP contribution is 2.37. The minimum atomic E-state index is 0.258. The number of piperidine rings is 1. The summed E-state index contributed by atoms with van der Waals surface area (Å²) >= 11 is 0. The van der Waals surface area contributed by atoms with Gasteiger partial charge in [-0.2, -0.15) is 0 Å². The molecule has 134 valence electrons. The molecule has 0 N–H and O–H groups in total. The fourth-order valence-corrected chi connectivity index (χ4v) is 5.06. The van der Waals surface area contributed by atoms with Crippen molar-refractivity contribution in [2.45, 2.75) is 84.1 Å². The lowest BCUT2D eigenvalue weighted by Gasteiger charge is -2.43. The second-order valence-electron chi connectivity index (χ2n) is 9.79. The highest BCUT2D eigenvalue weighted by atomic mass is 15.2. The summed E-state index contributed by atoms with van der Waals surface area (Å²) in [4.78, 5) is 2.83. The minimum Gasteiger partial charge on any atom is -0.300 e. The highest BCUT2D eigenvalue weighted by Gasteiger charge is 2.31. The van der Waals surface area contributed by atoms with E-state index in [1.54, 1.807) is 5.56 Å². The Labute approximate surface area is 149 Å². The summed E-state index contributed by atoms with van der Waals surface area (Å²) in [5, 5.41) is 0. The molecule has 1 aromatic rings. The predicted octanol–water partition coefficient (Wildman–Crippen LogP) is 5.99. The fraction of sp³-hybridized carbons (Fsp3) is 0.739. The first kappa shape index (κ1) is 18.0. The van der Waals surface area contributed by atoms with Crippen molar-refractivity contribution in [2.24, 2.45) is 11.8 Å². The lowest BCUT2D eigenvalue weighted by Crippen LogP contribution is -2.46. The van der Waals surface area contributed by atoms with Gasteiger partial charge in [0.2, 0.25) is 0 Å². The first-order chi connectivity index (χ1) is 11.3. The van der Waals surface area contributed by atoms with Crippen LogP contribution in [0.5, 0.6) is 0 Å². The molecule has 4 atom stereocenters. The topological polar surface area (TPSA) is 3.24 Å². The summed E-state index contributed by atoms with van der Waals surface area (Å²) in [6.07, 6.45) is 6.98. The van der Waals surface area contributed by atoms with E-state index in [9.17, 15) is 0 Å². The van der Waals surface area contributed by atoms with Gasteiger partial charge in [0.05, 0.1) is 0 Å². The molecule has 2 aliphatic rings. The molecule has 1 nitrogen and oxygen atoms in total.